The van der Waals surface area contributed by atoms with Gasteiger partial charge in [0.1, 0.15) is 17.6 Å². The lowest BCUT2D eigenvalue weighted by Crippen LogP contribution is -2.13. The summed E-state index contributed by atoms with van der Waals surface area (Å²) < 4.78 is 19.7. The first-order valence-corrected chi connectivity index (χ1v) is 8.03. The number of fused-ring (bicyclic) bond motifs is 1. The average molecular weight is 324 g/mol. The molecule has 0 aliphatic carbocycles. The third-order valence-electron chi connectivity index (χ3n) is 3.81. The zero-order valence-corrected chi connectivity index (χ0v) is 12.9. The molecule has 3 nitrogen and oxygen atoms in total. The van der Waals surface area contributed by atoms with Crippen LogP contribution in [-0.2, 0) is 0 Å². The molecule has 0 saturated carbocycles. The van der Waals surface area contributed by atoms with Gasteiger partial charge in [-0.25, -0.2) is 4.39 Å². The van der Waals surface area contributed by atoms with Crippen molar-refractivity contribution in [2.75, 3.05) is 0 Å². The van der Waals surface area contributed by atoms with Crippen molar-refractivity contribution < 1.29 is 8.81 Å². The number of thiophene rings is 1. The van der Waals surface area contributed by atoms with Crippen LogP contribution in [0.1, 0.15) is 17.5 Å². The standard InChI is InChI=1S/C18H13FN2OS/c19-12-5-3-11(4-6-12)13-10-23-15-7-8-21-18(16(13)15)17(20)14-2-1-9-22-14/h1-10,17H,20H2. The van der Waals surface area contributed by atoms with Gasteiger partial charge in [0, 0.05) is 21.8 Å². The van der Waals surface area contributed by atoms with Crippen molar-refractivity contribution in [2.24, 2.45) is 5.73 Å². The Morgan fingerprint density at radius 1 is 1.13 bits per heavy atom. The summed E-state index contributed by atoms with van der Waals surface area (Å²) >= 11 is 1.62. The molecule has 0 bridgehead atoms. The molecule has 0 saturated heterocycles. The van der Waals surface area contributed by atoms with Gasteiger partial charge >= 0.3 is 0 Å². The van der Waals surface area contributed by atoms with Crippen molar-refractivity contribution in [3.05, 3.63) is 77.6 Å². The highest BCUT2D eigenvalue weighted by molar-refractivity contribution is 7.17. The molecular formula is C18H13FN2OS. The second-order valence-electron chi connectivity index (χ2n) is 5.22. The Morgan fingerprint density at radius 3 is 2.70 bits per heavy atom. The number of pyridine rings is 1. The van der Waals surface area contributed by atoms with E-state index in [2.05, 4.69) is 10.4 Å². The molecule has 4 rings (SSSR count). The fourth-order valence-corrected chi connectivity index (χ4v) is 3.66. The minimum absolute atomic E-state index is 0.251. The van der Waals surface area contributed by atoms with Crippen molar-refractivity contribution >= 4 is 21.4 Å². The number of rotatable bonds is 3. The lowest BCUT2D eigenvalue weighted by molar-refractivity contribution is 0.487. The zero-order valence-electron chi connectivity index (χ0n) is 12.1. The SMILES string of the molecule is NC(c1ccco1)c1nccc2scc(-c3ccc(F)cc3)c12. The van der Waals surface area contributed by atoms with Crippen LogP contribution in [-0.4, -0.2) is 4.98 Å². The second-order valence-corrected chi connectivity index (χ2v) is 6.13. The van der Waals surface area contributed by atoms with Crippen LogP contribution in [0, 0.1) is 5.82 Å². The molecule has 1 unspecified atom stereocenters. The number of nitrogens with two attached hydrogens (primary N) is 1. The van der Waals surface area contributed by atoms with Gasteiger partial charge in [0.05, 0.1) is 12.0 Å². The molecule has 3 heterocycles. The lowest BCUT2D eigenvalue weighted by Gasteiger charge is -2.11. The molecule has 1 aromatic carbocycles. The number of benzene rings is 1. The second kappa shape index (κ2) is 5.61. The van der Waals surface area contributed by atoms with E-state index in [9.17, 15) is 4.39 Å². The Hall–Kier alpha value is -2.50. The van der Waals surface area contributed by atoms with Crippen LogP contribution in [0.5, 0.6) is 0 Å². The quantitative estimate of drug-likeness (QED) is 0.592. The molecule has 5 heteroatoms. The Bertz CT molecular complexity index is 945. The number of furan rings is 1. The highest BCUT2D eigenvalue weighted by atomic mass is 32.1. The fourth-order valence-electron chi connectivity index (χ4n) is 2.69. The number of halogens is 1. The van der Waals surface area contributed by atoms with Crippen LogP contribution in [0.4, 0.5) is 4.39 Å². The summed E-state index contributed by atoms with van der Waals surface area (Å²) in [6, 6.07) is 11.6. The van der Waals surface area contributed by atoms with Gasteiger partial charge in [-0.3, -0.25) is 4.98 Å². The Morgan fingerprint density at radius 2 is 1.96 bits per heavy atom. The van der Waals surface area contributed by atoms with Crippen LogP contribution in [0.3, 0.4) is 0 Å². The van der Waals surface area contributed by atoms with Crippen molar-refractivity contribution in [1.82, 2.24) is 4.98 Å². The first-order valence-electron chi connectivity index (χ1n) is 7.15. The summed E-state index contributed by atoms with van der Waals surface area (Å²) in [6.45, 7) is 0. The largest absolute Gasteiger partial charge is 0.467 e. The molecule has 0 aliphatic heterocycles. The van der Waals surface area contributed by atoms with Gasteiger partial charge in [-0.2, -0.15) is 0 Å². The van der Waals surface area contributed by atoms with Gasteiger partial charge in [0.2, 0.25) is 0 Å². The third-order valence-corrected chi connectivity index (χ3v) is 4.76. The predicted molar refractivity (Wildman–Crippen MR) is 89.8 cm³/mol. The van der Waals surface area contributed by atoms with Crippen molar-refractivity contribution in [3.8, 4) is 11.1 Å². The fraction of sp³-hybridized carbons (Fsp3) is 0.0556. The molecule has 3 aromatic heterocycles. The average Bonchev–Trinajstić information content (AvgIpc) is 3.24. The van der Waals surface area contributed by atoms with Gasteiger partial charge in [-0.05, 0) is 41.3 Å². The van der Waals surface area contributed by atoms with E-state index in [0.29, 0.717) is 5.76 Å². The molecular weight excluding hydrogens is 311 g/mol. The van der Waals surface area contributed by atoms with Crippen LogP contribution in [0.25, 0.3) is 21.2 Å². The van der Waals surface area contributed by atoms with Gasteiger partial charge in [-0.1, -0.05) is 12.1 Å². The molecule has 0 aliphatic rings. The van der Waals surface area contributed by atoms with Crippen molar-refractivity contribution in [2.45, 2.75) is 6.04 Å². The third kappa shape index (κ3) is 2.44. The van der Waals surface area contributed by atoms with Crippen LogP contribution in [0.2, 0.25) is 0 Å². The van der Waals surface area contributed by atoms with E-state index in [1.807, 2.05) is 18.2 Å². The monoisotopic (exact) mass is 324 g/mol. The van der Waals surface area contributed by atoms with E-state index in [4.69, 9.17) is 10.2 Å². The molecule has 0 fully saturated rings. The molecule has 0 radical (unpaired) electrons. The summed E-state index contributed by atoms with van der Waals surface area (Å²) in [7, 11) is 0. The van der Waals surface area contributed by atoms with E-state index in [1.165, 1.54) is 12.1 Å². The maximum absolute atomic E-state index is 13.2. The van der Waals surface area contributed by atoms with Gasteiger partial charge < -0.3 is 10.2 Å². The highest BCUT2D eigenvalue weighted by Gasteiger charge is 2.20. The molecule has 0 spiro atoms. The smallest absolute Gasteiger partial charge is 0.126 e. The number of nitrogens with zero attached hydrogens (tertiary/aromatic N) is 1. The first kappa shape index (κ1) is 14.1. The lowest BCUT2D eigenvalue weighted by atomic mass is 10.00. The summed E-state index contributed by atoms with van der Waals surface area (Å²) in [4.78, 5) is 4.49. The van der Waals surface area contributed by atoms with Crippen molar-refractivity contribution in [1.29, 1.82) is 0 Å². The topological polar surface area (TPSA) is 52.0 Å². The zero-order chi connectivity index (χ0) is 15.8. The van der Waals surface area contributed by atoms with Crippen LogP contribution in [0.15, 0.2) is 64.7 Å². The van der Waals surface area contributed by atoms with Crippen LogP contribution >= 0.6 is 11.3 Å². The van der Waals surface area contributed by atoms with Gasteiger partial charge in [-0.15, -0.1) is 11.3 Å². The molecule has 23 heavy (non-hydrogen) atoms. The summed E-state index contributed by atoms with van der Waals surface area (Å²) in [6.07, 6.45) is 3.36. The van der Waals surface area contributed by atoms with E-state index < -0.39 is 6.04 Å². The van der Waals surface area contributed by atoms with E-state index >= 15 is 0 Å². The maximum Gasteiger partial charge on any atom is 0.126 e. The Kier molecular flexibility index (Phi) is 3.44. The van der Waals surface area contributed by atoms with E-state index in [-0.39, 0.29) is 5.82 Å². The summed E-state index contributed by atoms with van der Waals surface area (Å²) in [5, 5.41) is 3.05. The number of aromatic nitrogens is 1. The molecule has 0 amide bonds. The molecule has 4 aromatic rings. The Labute approximate surface area is 136 Å². The summed E-state index contributed by atoms with van der Waals surface area (Å²) in [5.41, 5.74) is 9.06. The molecule has 1 atom stereocenters. The van der Waals surface area contributed by atoms with Gasteiger partial charge in [0.25, 0.3) is 0 Å². The van der Waals surface area contributed by atoms with Gasteiger partial charge in [0.15, 0.2) is 0 Å². The maximum atomic E-state index is 13.2. The Balaban J connectivity index is 1.92. The van der Waals surface area contributed by atoms with E-state index in [1.54, 1.807) is 35.9 Å². The number of hydrogen-bond acceptors (Lipinski definition) is 4. The first-order chi connectivity index (χ1) is 11.2. The normalized spacial score (nSPS) is 12.6. The molecule has 114 valence electrons. The number of hydrogen-bond donors (Lipinski definition) is 1. The van der Waals surface area contributed by atoms with E-state index in [0.717, 1.165) is 26.9 Å². The predicted octanol–water partition coefficient (Wildman–Crippen LogP) is 4.74. The summed E-state index contributed by atoms with van der Waals surface area (Å²) in [5.74, 6) is 0.417. The highest BCUT2D eigenvalue weighted by Crippen LogP contribution is 2.38. The van der Waals surface area contributed by atoms with Crippen LogP contribution < -0.4 is 5.73 Å². The molecule has 2 N–H and O–H groups in total. The minimum Gasteiger partial charge on any atom is -0.467 e. The minimum atomic E-state index is -0.442. The van der Waals surface area contributed by atoms with Crippen molar-refractivity contribution in [3.63, 3.8) is 0 Å².